The van der Waals surface area contributed by atoms with Gasteiger partial charge in [0.2, 0.25) is 0 Å². The average molecular weight is 339 g/mol. The largest absolute Gasteiger partial charge is 0.490 e. The molecule has 1 aliphatic rings. The summed E-state index contributed by atoms with van der Waals surface area (Å²) in [6.45, 7) is 5.12. The molecule has 0 radical (unpaired) electrons. The van der Waals surface area contributed by atoms with E-state index in [1.54, 1.807) is 18.2 Å². The van der Waals surface area contributed by atoms with E-state index in [2.05, 4.69) is 24.4 Å². The number of rotatable bonds is 7. The highest BCUT2D eigenvalue weighted by molar-refractivity contribution is 6.04. The lowest BCUT2D eigenvalue weighted by Crippen LogP contribution is -2.12. The predicted molar refractivity (Wildman–Crippen MR) is 99.8 cm³/mol. The summed E-state index contributed by atoms with van der Waals surface area (Å²) in [5, 5.41) is 2.98. The van der Waals surface area contributed by atoms with Gasteiger partial charge in [-0.15, -0.1) is 0 Å². The number of nitrogens with one attached hydrogen (secondary N) is 1. The molecule has 2 aromatic carbocycles. The lowest BCUT2D eigenvalue weighted by molar-refractivity contribution is 0.102. The van der Waals surface area contributed by atoms with Crippen molar-refractivity contribution in [3.8, 4) is 11.5 Å². The molecule has 2 aromatic rings. The number of amides is 1. The van der Waals surface area contributed by atoms with Crippen LogP contribution >= 0.6 is 0 Å². The van der Waals surface area contributed by atoms with Crippen LogP contribution in [-0.4, -0.2) is 19.1 Å². The van der Waals surface area contributed by atoms with Crippen LogP contribution in [-0.2, 0) is 12.8 Å². The topological polar surface area (TPSA) is 47.6 Å². The highest BCUT2D eigenvalue weighted by Gasteiger charge is 2.14. The normalized spacial score (nSPS) is 12.6. The monoisotopic (exact) mass is 339 g/mol. The van der Waals surface area contributed by atoms with E-state index in [4.69, 9.17) is 9.47 Å². The summed E-state index contributed by atoms with van der Waals surface area (Å²) >= 11 is 0. The van der Waals surface area contributed by atoms with Crippen molar-refractivity contribution in [3.05, 3.63) is 53.1 Å². The number of benzene rings is 2. The number of ether oxygens (including phenoxy) is 2. The number of hydrogen-bond donors (Lipinski definition) is 1. The molecule has 25 heavy (non-hydrogen) atoms. The number of aryl methyl sites for hydroxylation is 2. The molecule has 0 saturated carbocycles. The third-order valence-electron chi connectivity index (χ3n) is 4.32. The van der Waals surface area contributed by atoms with E-state index in [-0.39, 0.29) is 5.91 Å². The van der Waals surface area contributed by atoms with Crippen molar-refractivity contribution in [3.63, 3.8) is 0 Å². The fourth-order valence-electron chi connectivity index (χ4n) is 3.10. The van der Waals surface area contributed by atoms with Gasteiger partial charge in [-0.05, 0) is 74.1 Å². The van der Waals surface area contributed by atoms with Crippen LogP contribution in [0.1, 0.15) is 48.2 Å². The Labute approximate surface area is 149 Å². The number of carbonyl (C=O) groups excluding carboxylic acids is 1. The lowest BCUT2D eigenvalue weighted by atomic mass is 10.1. The van der Waals surface area contributed by atoms with Crippen molar-refractivity contribution in [1.82, 2.24) is 0 Å². The van der Waals surface area contributed by atoms with Crippen molar-refractivity contribution in [2.45, 2.75) is 39.5 Å². The van der Waals surface area contributed by atoms with Gasteiger partial charge in [-0.25, -0.2) is 0 Å². The fraction of sp³-hybridized carbons (Fsp3) is 0.381. The molecule has 0 unspecified atom stereocenters. The molecule has 1 N–H and O–H groups in total. The van der Waals surface area contributed by atoms with Gasteiger partial charge in [0.05, 0.1) is 13.2 Å². The minimum Gasteiger partial charge on any atom is -0.490 e. The summed E-state index contributed by atoms with van der Waals surface area (Å²) in [4.78, 5) is 12.6. The van der Waals surface area contributed by atoms with Crippen molar-refractivity contribution in [1.29, 1.82) is 0 Å². The van der Waals surface area contributed by atoms with Gasteiger partial charge in [0, 0.05) is 11.3 Å². The molecule has 0 aliphatic heterocycles. The molecular weight excluding hydrogens is 314 g/mol. The molecular formula is C21H25NO3. The number of hydrogen-bond acceptors (Lipinski definition) is 3. The summed E-state index contributed by atoms with van der Waals surface area (Å²) in [5.74, 6) is 1.15. The average Bonchev–Trinajstić information content (AvgIpc) is 3.08. The Hall–Kier alpha value is -2.49. The van der Waals surface area contributed by atoms with Crippen molar-refractivity contribution < 1.29 is 14.3 Å². The molecule has 4 nitrogen and oxygen atoms in total. The van der Waals surface area contributed by atoms with Gasteiger partial charge in [0.1, 0.15) is 0 Å². The van der Waals surface area contributed by atoms with Crippen LogP contribution in [0.3, 0.4) is 0 Å². The van der Waals surface area contributed by atoms with E-state index in [1.165, 1.54) is 17.5 Å². The second-order valence-corrected chi connectivity index (χ2v) is 6.23. The third-order valence-corrected chi connectivity index (χ3v) is 4.32. The van der Waals surface area contributed by atoms with E-state index in [1.807, 2.05) is 13.0 Å². The second kappa shape index (κ2) is 8.06. The Kier molecular flexibility index (Phi) is 5.59. The second-order valence-electron chi connectivity index (χ2n) is 6.23. The minimum absolute atomic E-state index is 0.138. The van der Waals surface area contributed by atoms with Crippen LogP contribution in [0.25, 0.3) is 0 Å². The SMILES string of the molecule is CCCOc1ccc(C(=O)Nc2ccc3c(c2)CCC3)cc1OCC. The van der Waals surface area contributed by atoms with Crippen molar-refractivity contribution >= 4 is 11.6 Å². The summed E-state index contributed by atoms with van der Waals surface area (Å²) in [6.07, 6.45) is 4.35. The Morgan fingerprint density at radius 2 is 1.84 bits per heavy atom. The summed E-state index contributed by atoms with van der Waals surface area (Å²) in [6, 6.07) is 11.5. The van der Waals surface area contributed by atoms with Crippen LogP contribution < -0.4 is 14.8 Å². The van der Waals surface area contributed by atoms with Crippen LogP contribution in [0.5, 0.6) is 11.5 Å². The zero-order valence-corrected chi connectivity index (χ0v) is 14.9. The molecule has 0 atom stereocenters. The van der Waals surface area contributed by atoms with E-state index in [9.17, 15) is 4.79 Å². The van der Waals surface area contributed by atoms with Gasteiger partial charge in [-0.2, -0.15) is 0 Å². The predicted octanol–water partition coefficient (Wildman–Crippen LogP) is 4.62. The molecule has 1 amide bonds. The Bertz CT molecular complexity index is 755. The van der Waals surface area contributed by atoms with Crippen molar-refractivity contribution in [2.75, 3.05) is 18.5 Å². The number of fused-ring (bicyclic) bond motifs is 1. The zero-order chi connectivity index (χ0) is 17.6. The summed E-state index contributed by atoms with van der Waals surface area (Å²) < 4.78 is 11.3. The maximum atomic E-state index is 12.6. The lowest BCUT2D eigenvalue weighted by Gasteiger charge is -2.13. The maximum absolute atomic E-state index is 12.6. The third kappa shape index (κ3) is 4.13. The molecule has 0 heterocycles. The van der Waals surface area contributed by atoms with Gasteiger partial charge in [0.15, 0.2) is 11.5 Å². The number of carbonyl (C=O) groups is 1. The molecule has 0 bridgehead atoms. The molecule has 0 aromatic heterocycles. The molecule has 0 fully saturated rings. The molecule has 3 rings (SSSR count). The van der Waals surface area contributed by atoms with E-state index in [0.29, 0.717) is 30.3 Å². The first kappa shape index (κ1) is 17.3. The van der Waals surface area contributed by atoms with Crippen LogP contribution in [0.2, 0.25) is 0 Å². The first-order valence-corrected chi connectivity index (χ1v) is 9.04. The standard InChI is InChI=1S/C21H25NO3/c1-3-12-25-19-11-9-17(14-20(19)24-4-2)21(23)22-18-10-8-15-6-5-7-16(15)13-18/h8-11,13-14H,3-7,12H2,1-2H3,(H,22,23). The highest BCUT2D eigenvalue weighted by Crippen LogP contribution is 2.29. The Morgan fingerprint density at radius 1 is 1.00 bits per heavy atom. The van der Waals surface area contributed by atoms with Gasteiger partial charge >= 0.3 is 0 Å². The van der Waals surface area contributed by atoms with Crippen LogP contribution in [0.15, 0.2) is 36.4 Å². The van der Waals surface area contributed by atoms with E-state index >= 15 is 0 Å². The van der Waals surface area contributed by atoms with Gasteiger partial charge in [-0.3, -0.25) is 4.79 Å². The van der Waals surface area contributed by atoms with E-state index in [0.717, 1.165) is 24.9 Å². The Balaban J connectivity index is 1.76. The summed E-state index contributed by atoms with van der Waals surface area (Å²) in [5.41, 5.74) is 4.15. The van der Waals surface area contributed by atoms with E-state index < -0.39 is 0 Å². The first-order valence-electron chi connectivity index (χ1n) is 9.04. The first-order chi connectivity index (χ1) is 12.2. The molecule has 4 heteroatoms. The van der Waals surface area contributed by atoms with Crippen LogP contribution in [0.4, 0.5) is 5.69 Å². The van der Waals surface area contributed by atoms with Crippen LogP contribution in [0, 0.1) is 0 Å². The smallest absolute Gasteiger partial charge is 0.255 e. The molecule has 1 aliphatic carbocycles. The highest BCUT2D eigenvalue weighted by atomic mass is 16.5. The minimum atomic E-state index is -0.138. The van der Waals surface area contributed by atoms with Gasteiger partial charge in [-0.1, -0.05) is 13.0 Å². The van der Waals surface area contributed by atoms with Gasteiger partial charge in [0.25, 0.3) is 5.91 Å². The molecule has 0 spiro atoms. The quantitative estimate of drug-likeness (QED) is 0.801. The molecule has 0 saturated heterocycles. The zero-order valence-electron chi connectivity index (χ0n) is 14.9. The Morgan fingerprint density at radius 3 is 2.64 bits per heavy atom. The van der Waals surface area contributed by atoms with Gasteiger partial charge < -0.3 is 14.8 Å². The maximum Gasteiger partial charge on any atom is 0.255 e. The summed E-state index contributed by atoms with van der Waals surface area (Å²) in [7, 11) is 0. The van der Waals surface area contributed by atoms with Crippen molar-refractivity contribution in [2.24, 2.45) is 0 Å². The fourth-order valence-corrected chi connectivity index (χ4v) is 3.10. The number of anilines is 1. The molecule has 132 valence electrons.